The van der Waals surface area contributed by atoms with Crippen LogP contribution in [-0.2, 0) is 4.79 Å². The lowest BCUT2D eigenvalue weighted by Gasteiger charge is -2.46. The third-order valence-corrected chi connectivity index (χ3v) is 7.69. The van der Waals surface area contributed by atoms with E-state index in [1.165, 1.54) is 83.7 Å². The third kappa shape index (κ3) is 3.77. The fraction of sp³-hybridized carbons (Fsp3) is 0.950. The zero-order chi connectivity index (χ0) is 15.7. The molecule has 2 saturated carbocycles. The largest absolute Gasteiger partial charge is 0.342 e. The molecule has 4 heteroatoms. The molecule has 138 valence electrons. The summed E-state index contributed by atoms with van der Waals surface area (Å²) in [7, 11) is 0. The molecular weight excluding hydrogens is 320 g/mol. The Balaban J connectivity index is 0.00000169. The number of hydrogen-bond acceptors (Lipinski definition) is 2. The quantitative estimate of drug-likeness (QED) is 0.771. The van der Waals surface area contributed by atoms with Crippen molar-refractivity contribution < 1.29 is 4.79 Å². The summed E-state index contributed by atoms with van der Waals surface area (Å²) in [6.45, 7) is 4.42. The summed E-state index contributed by atoms with van der Waals surface area (Å²) in [6.07, 6.45) is 14.5. The van der Waals surface area contributed by atoms with Crippen molar-refractivity contribution in [2.45, 2.75) is 70.6 Å². The van der Waals surface area contributed by atoms with E-state index in [2.05, 4.69) is 10.2 Å². The zero-order valence-electron chi connectivity index (χ0n) is 15.1. The minimum atomic E-state index is 0. The highest BCUT2D eigenvalue weighted by atomic mass is 35.5. The number of carbonyl (C=O) groups is 1. The van der Waals surface area contributed by atoms with Crippen molar-refractivity contribution in [2.75, 3.05) is 26.2 Å². The Morgan fingerprint density at radius 1 is 0.875 bits per heavy atom. The lowest BCUT2D eigenvalue weighted by molar-refractivity contribution is -0.140. The monoisotopic (exact) mass is 354 g/mol. The summed E-state index contributed by atoms with van der Waals surface area (Å²) in [5.41, 5.74) is 0.559. The van der Waals surface area contributed by atoms with Crippen LogP contribution in [0.5, 0.6) is 0 Å². The fourth-order valence-electron chi connectivity index (χ4n) is 6.01. The van der Waals surface area contributed by atoms with Gasteiger partial charge in [-0.2, -0.15) is 0 Å². The van der Waals surface area contributed by atoms with Gasteiger partial charge in [0.15, 0.2) is 0 Å². The average Bonchev–Trinajstić information content (AvgIpc) is 2.62. The molecule has 0 aromatic carbocycles. The van der Waals surface area contributed by atoms with E-state index in [1.54, 1.807) is 0 Å². The number of nitrogens with zero attached hydrogens (tertiary/aromatic N) is 1. The second-order valence-corrected chi connectivity index (χ2v) is 8.89. The van der Waals surface area contributed by atoms with Crippen molar-refractivity contribution in [1.82, 2.24) is 10.2 Å². The average molecular weight is 355 g/mol. The minimum Gasteiger partial charge on any atom is -0.342 e. The highest BCUT2D eigenvalue weighted by Crippen LogP contribution is 2.44. The number of fused-ring (bicyclic) bond motifs is 1. The van der Waals surface area contributed by atoms with Gasteiger partial charge < -0.3 is 10.2 Å². The molecular formula is C20H35ClN2O. The maximum atomic E-state index is 13.0. The van der Waals surface area contributed by atoms with Crippen LogP contribution in [0.2, 0.25) is 0 Å². The summed E-state index contributed by atoms with van der Waals surface area (Å²) in [4.78, 5) is 15.2. The Morgan fingerprint density at radius 3 is 2.25 bits per heavy atom. The molecule has 1 spiro atoms. The Kier molecular flexibility index (Phi) is 6.13. The molecule has 3 unspecified atom stereocenters. The molecule has 2 aliphatic carbocycles. The zero-order valence-corrected chi connectivity index (χ0v) is 15.9. The van der Waals surface area contributed by atoms with E-state index < -0.39 is 0 Å². The van der Waals surface area contributed by atoms with Gasteiger partial charge in [0.05, 0.1) is 0 Å². The Hall–Kier alpha value is -0.280. The molecule has 2 saturated heterocycles. The molecule has 3 nitrogen and oxygen atoms in total. The van der Waals surface area contributed by atoms with E-state index in [9.17, 15) is 4.79 Å². The molecule has 2 aliphatic heterocycles. The second kappa shape index (κ2) is 7.95. The van der Waals surface area contributed by atoms with Gasteiger partial charge in [0.1, 0.15) is 0 Å². The Labute approximate surface area is 153 Å². The van der Waals surface area contributed by atoms with Crippen LogP contribution in [0, 0.1) is 23.2 Å². The first-order valence-corrected chi connectivity index (χ1v) is 10.3. The highest BCUT2D eigenvalue weighted by Gasteiger charge is 2.40. The smallest absolute Gasteiger partial charge is 0.225 e. The van der Waals surface area contributed by atoms with Crippen LogP contribution in [-0.4, -0.2) is 37.0 Å². The summed E-state index contributed by atoms with van der Waals surface area (Å²) in [5.74, 6) is 2.69. The van der Waals surface area contributed by atoms with E-state index in [0.29, 0.717) is 17.2 Å². The highest BCUT2D eigenvalue weighted by molar-refractivity contribution is 5.85. The van der Waals surface area contributed by atoms with E-state index in [4.69, 9.17) is 0 Å². The van der Waals surface area contributed by atoms with Crippen LogP contribution < -0.4 is 5.32 Å². The predicted octanol–water partition coefficient (Wildman–Crippen LogP) is 4.01. The number of piperidine rings is 2. The summed E-state index contributed by atoms with van der Waals surface area (Å²) in [6, 6.07) is 0. The van der Waals surface area contributed by atoms with Crippen molar-refractivity contribution in [1.29, 1.82) is 0 Å². The molecule has 2 heterocycles. The van der Waals surface area contributed by atoms with Crippen LogP contribution in [0.4, 0.5) is 0 Å². The number of carbonyl (C=O) groups excluding carboxylic acids is 1. The molecule has 0 aromatic rings. The molecule has 1 N–H and O–H groups in total. The standard InChI is InChI=1S/C20H34N2O.ClH/c23-19(18-6-5-16-3-1-2-4-17(16)15-18)22-13-9-20(10-14-22)7-11-21-12-8-20;/h16-18,21H,1-15H2;1H. The van der Waals surface area contributed by atoms with Crippen molar-refractivity contribution in [3.63, 3.8) is 0 Å². The molecule has 4 rings (SSSR count). The molecule has 24 heavy (non-hydrogen) atoms. The first kappa shape index (κ1) is 18.5. The van der Waals surface area contributed by atoms with Gasteiger partial charge in [-0.05, 0) is 75.3 Å². The number of halogens is 1. The van der Waals surface area contributed by atoms with Gasteiger partial charge in [0.25, 0.3) is 0 Å². The van der Waals surface area contributed by atoms with E-state index in [0.717, 1.165) is 24.9 Å². The number of hydrogen-bond donors (Lipinski definition) is 1. The van der Waals surface area contributed by atoms with Gasteiger partial charge in [0.2, 0.25) is 5.91 Å². The molecule has 0 radical (unpaired) electrons. The Morgan fingerprint density at radius 2 is 1.54 bits per heavy atom. The number of nitrogens with one attached hydrogen (secondary N) is 1. The van der Waals surface area contributed by atoms with E-state index in [1.807, 2.05) is 0 Å². The molecule has 4 aliphatic rings. The van der Waals surface area contributed by atoms with Crippen molar-refractivity contribution in [3.8, 4) is 0 Å². The second-order valence-electron chi connectivity index (χ2n) is 8.89. The van der Waals surface area contributed by atoms with Gasteiger partial charge in [-0.3, -0.25) is 4.79 Å². The van der Waals surface area contributed by atoms with Crippen molar-refractivity contribution in [3.05, 3.63) is 0 Å². The summed E-state index contributed by atoms with van der Waals surface area (Å²) < 4.78 is 0. The van der Waals surface area contributed by atoms with Crippen molar-refractivity contribution >= 4 is 18.3 Å². The van der Waals surface area contributed by atoms with Crippen LogP contribution in [0.15, 0.2) is 0 Å². The van der Waals surface area contributed by atoms with Gasteiger partial charge >= 0.3 is 0 Å². The van der Waals surface area contributed by atoms with Crippen LogP contribution >= 0.6 is 12.4 Å². The first-order chi connectivity index (χ1) is 11.3. The number of likely N-dealkylation sites (tertiary alicyclic amines) is 1. The number of amides is 1. The van der Waals surface area contributed by atoms with Gasteiger partial charge in [-0.15, -0.1) is 12.4 Å². The fourth-order valence-corrected chi connectivity index (χ4v) is 6.01. The lowest BCUT2D eigenvalue weighted by Crippen LogP contribution is -2.49. The summed E-state index contributed by atoms with van der Waals surface area (Å²) in [5, 5.41) is 3.49. The van der Waals surface area contributed by atoms with Crippen molar-refractivity contribution in [2.24, 2.45) is 23.2 Å². The van der Waals surface area contributed by atoms with Crippen LogP contribution in [0.1, 0.15) is 70.6 Å². The molecule has 3 atom stereocenters. The number of rotatable bonds is 1. The maximum Gasteiger partial charge on any atom is 0.225 e. The van der Waals surface area contributed by atoms with Gasteiger partial charge in [-0.25, -0.2) is 0 Å². The first-order valence-electron chi connectivity index (χ1n) is 10.3. The lowest BCUT2D eigenvalue weighted by atomic mass is 9.67. The van der Waals surface area contributed by atoms with Gasteiger partial charge in [0, 0.05) is 19.0 Å². The topological polar surface area (TPSA) is 32.3 Å². The third-order valence-electron chi connectivity index (χ3n) is 7.69. The summed E-state index contributed by atoms with van der Waals surface area (Å²) >= 11 is 0. The molecule has 4 fully saturated rings. The SMILES string of the molecule is Cl.O=C(C1CCC2CCCCC2C1)N1CCC2(CCNCC2)CC1. The predicted molar refractivity (Wildman–Crippen MR) is 100 cm³/mol. The normalized spacial score (nSPS) is 35.8. The Bertz CT molecular complexity index is 425. The van der Waals surface area contributed by atoms with Crippen LogP contribution in [0.25, 0.3) is 0 Å². The minimum absolute atomic E-state index is 0. The maximum absolute atomic E-state index is 13.0. The van der Waals surface area contributed by atoms with E-state index >= 15 is 0 Å². The van der Waals surface area contributed by atoms with Crippen LogP contribution in [0.3, 0.4) is 0 Å². The van der Waals surface area contributed by atoms with Gasteiger partial charge in [-0.1, -0.05) is 25.7 Å². The molecule has 1 amide bonds. The van der Waals surface area contributed by atoms with E-state index in [-0.39, 0.29) is 12.4 Å². The molecule has 0 aromatic heterocycles. The molecule has 0 bridgehead atoms.